The molecule has 8 unspecified atom stereocenters. The van der Waals surface area contributed by atoms with Gasteiger partial charge in [0.25, 0.3) is 0 Å². The Morgan fingerprint density at radius 3 is 1.46 bits per heavy atom. The Balaban J connectivity index is 2.64. The summed E-state index contributed by atoms with van der Waals surface area (Å²) in [6.07, 6.45) is 6.99. The fourth-order valence-electron chi connectivity index (χ4n) is 8.71. The van der Waals surface area contributed by atoms with Gasteiger partial charge in [-0.1, -0.05) is 110 Å². The first-order valence-electron chi connectivity index (χ1n) is 28.3. The molecule has 0 bridgehead atoms. The molecule has 0 saturated carbocycles. The van der Waals surface area contributed by atoms with Gasteiger partial charge in [-0.05, 0) is 43.4 Å². The Morgan fingerprint density at radius 1 is 0.560 bits per heavy atom. The van der Waals surface area contributed by atoms with Crippen molar-refractivity contribution in [1.29, 1.82) is 0 Å². The number of phenols is 1. The Kier molecular flexibility index (Phi) is 32.8. The maximum atomic E-state index is 14.4. The van der Waals surface area contributed by atoms with Crippen LogP contribution in [0, 0.1) is 5.92 Å². The van der Waals surface area contributed by atoms with Gasteiger partial charge in [0.1, 0.15) is 54.1 Å². The maximum absolute atomic E-state index is 14.4. The summed E-state index contributed by atoms with van der Waals surface area (Å²) in [5.41, 5.74) is 11.1. The monoisotopic (exact) mass is 1190 g/mol. The zero-order valence-corrected chi connectivity index (χ0v) is 48.2. The van der Waals surface area contributed by atoms with Crippen molar-refractivity contribution in [2.75, 3.05) is 13.1 Å². The summed E-state index contributed by atoms with van der Waals surface area (Å²) in [7, 11) is 0. The van der Waals surface area contributed by atoms with Crippen LogP contribution in [-0.4, -0.2) is 160 Å². The number of esters is 1. The predicted octanol–water partition coefficient (Wildman–Crippen LogP) is -1.27. The quantitative estimate of drug-likeness (QED) is 0.0361. The van der Waals surface area contributed by atoms with E-state index in [1.54, 1.807) is 0 Å². The van der Waals surface area contributed by atoms with Crippen molar-refractivity contribution in [3.8, 4) is 5.75 Å². The second-order valence-corrected chi connectivity index (χ2v) is 21.0. The fraction of sp³-hybridized carbons (Fsp3) is 0.636. The van der Waals surface area contributed by atoms with Crippen LogP contribution in [0.3, 0.4) is 0 Å². The van der Waals surface area contributed by atoms with Crippen LogP contribution in [0.2, 0.25) is 0 Å². The summed E-state index contributed by atoms with van der Waals surface area (Å²) in [6, 6.07) is -7.29. The number of cyclic esters (lactones) is 1. The Labute approximate surface area is 487 Å². The molecule has 1 aliphatic rings. The van der Waals surface area contributed by atoms with Crippen LogP contribution in [0.1, 0.15) is 155 Å². The van der Waals surface area contributed by atoms with Gasteiger partial charge in [-0.25, -0.2) is 4.79 Å². The lowest BCUT2D eigenvalue weighted by molar-refractivity contribution is -0.157. The van der Waals surface area contributed by atoms with Crippen LogP contribution in [0.15, 0.2) is 24.3 Å². The summed E-state index contributed by atoms with van der Waals surface area (Å²) in [4.78, 5) is 185. The van der Waals surface area contributed by atoms with Crippen molar-refractivity contribution in [2.45, 2.75) is 205 Å². The van der Waals surface area contributed by atoms with Crippen LogP contribution in [0.4, 0.5) is 0 Å². The molecule has 1 aliphatic heterocycles. The average Bonchev–Trinajstić information content (AvgIpc) is 3.64. The van der Waals surface area contributed by atoms with Gasteiger partial charge in [0.15, 0.2) is 0 Å². The van der Waals surface area contributed by atoms with E-state index in [0.717, 1.165) is 32.1 Å². The summed E-state index contributed by atoms with van der Waals surface area (Å²) in [5.74, 6) is -18.0. The standard InChI is InChI=1S/C55H85N11O18/c1-5-6-7-8-9-10-11-12-13-14-15-16-17-18-42(70)65-48-32(4)84-55(83)47(31(2)3)66-53(81)36(25-33-19-21-34(67)22-20-33)60-43(71)29-58-50(78)39(28-46(75)76)64-52(80)37(26-41(57)69)61-44(72)30-59-49(77)38(27-45(73)74)63-51(79)35(62-54(48)82)23-24-40(56)68/h19-22,31-32,35-39,47-48,67H,5-18,23-30H2,1-4H3,(H2,56,68)(H2,57,69)(H,58,78)(H,59,77)(H,60,71)(H,61,72)(H,62,82)(H,63,79)(H,64,80)(H,65,70)(H,66,81)(H,73,74)(H,75,76). The molecule has 0 aromatic heterocycles. The molecule has 2 rings (SSSR count). The van der Waals surface area contributed by atoms with Gasteiger partial charge >= 0.3 is 17.9 Å². The first kappa shape index (κ1) is 71.7. The number of benzene rings is 1. The lowest BCUT2D eigenvalue weighted by Gasteiger charge is -2.30. The number of carbonyl (C=O) groups excluding carboxylic acids is 12. The Hall–Kier alpha value is -8.40. The number of ether oxygens (including phenoxy) is 1. The van der Waals surface area contributed by atoms with Crippen LogP contribution >= 0.6 is 0 Å². The topological polar surface area (TPSA) is 469 Å². The molecular formula is C55H85N11O18. The normalized spacial score (nSPS) is 22.2. The number of unbranched alkanes of at least 4 members (excludes halogenated alkanes) is 12. The second kappa shape index (κ2) is 38.4. The zero-order valence-electron chi connectivity index (χ0n) is 48.2. The van der Waals surface area contributed by atoms with E-state index in [-0.39, 0.29) is 18.6 Å². The molecule has 0 radical (unpaired) electrons. The molecule has 1 aromatic carbocycles. The van der Waals surface area contributed by atoms with Gasteiger partial charge in [0.05, 0.1) is 32.4 Å². The van der Waals surface area contributed by atoms with E-state index >= 15 is 0 Å². The number of carboxylic acid groups (broad SMARTS) is 2. The molecule has 16 N–H and O–H groups in total. The van der Waals surface area contributed by atoms with E-state index in [4.69, 9.17) is 16.2 Å². The number of hydrogen-bond acceptors (Lipinski definition) is 16. The third kappa shape index (κ3) is 29.0. The number of nitrogens with one attached hydrogen (secondary N) is 9. The second-order valence-electron chi connectivity index (χ2n) is 21.0. The molecule has 468 valence electrons. The molecule has 29 heteroatoms. The summed E-state index contributed by atoms with van der Waals surface area (Å²) >= 11 is 0. The van der Waals surface area contributed by atoms with Crippen molar-refractivity contribution in [3.63, 3.8) is 0 Å². The predicted molar refractivity (Wildman–Crippen MR) is 299 cm³/mol. The minimum absolute atomic E-state index is 0.0950. The first-order chi connectivity index (χ1) is 39.7. The van der Waals surface area contributed by atoms with Gasteiger partial charge in [-0.2, -0.15) is 0 Å². The highest BCUT2D eigenvalue weighted by atomic mass is 16.5. The number of aromatic hydroxyl groups is 1. The van der Waals surface area contributed by atoms with Gasteiger partial charge in [0.2, 0.25) is 65.0 Å². The Morgan fingerprint density at radius 2 is 1.00 bits per heavy atom. The number of phenolic OH excluding ortho intramolecular Hbond substituents is 1. The van der Waals surface area contributed by atoms with E-state index in [0.29, 0.717) is 18.4 Å². The highest BCUT2D eigenvalue weighted by Crippen LogP contribution is 2.16. The van der Waals surface area contributed by atoms with E-state index in [2.05, 4.69) is 49.5 Å². The minimum atomic E-state index is -2.02. The molecule has 8 atom stereocenters. The largest absolute Gasteiger partial charge is 0.508 e. The van der Waals surface area contributed by atoms with Crippen molar-refractivity contribution >= 4 is 82.9 Å². The molecule has 1 aromatic rings. The van der Waals surface area contributed by atoms with Crippen molar-refractivity contribution in [1.82, 2.24) is 47.9 Å². The number of nitrogens with two attached hydrogens (primary N) is 2. The molecule has 1 fully saturated rings. The van der Waals surface area contributed by atoms with Gasteiger partial charge in [-0.3, -0.25) is 62.3 Å². The number of amides is 11. The van der Waals surface area contributed by atoms with Crippen LogP contribution in [-0.2, 0) is 78.3 Å². The third-order valence-electron chi connectivity index (χ3n) is 13.4. The number of carbonyl (C=O) groups is 14. The lowest BCUT2D eigenvalue weighted by Crippen LogP contribution is -2.60. The summed E-state index contributed by atoms with van der Waals surface area (Å²) < 4.78 is 5.76. The smallest absolute Gasteiger partial charge is 0.329 e. The number of rotatable bonds is 27. The van der Waals surface area contributed by atoms with Crippen LogP contribution < -0.4 is 59.3 Å². The molecule has 29 nitrogen and oxygen atoms in total. The van der Waals surface area contributed by atoms with E-state index in [9.17, 15) is 82.4 Å². The highest BCUT2D eigenvalue weighted by Gasteiger charge is 2.38. The molecule has 0 spiro atoms. The fourth-order valence-corrected chi connectivity index (χ4v) is 8.71. The summed E-state index contributed by atoms with van der Waals surface area (Å²) in [6.45, 7) is 4.39. The van der Waals surface area contributed by atoms with Crippen molar-refractivity contribution in [3.05, 3.63) is 29.8 Å². The van der Waals surface area contributed by atoms with Gasteiger partial charge in [-0.15, -0.1) is 0 Å². The average molecular weight is 1190 g/mol. The zero-order chi connectivity index (χ0) is 62.9. The molecule has 11 amide bonds. The molecule has 84 heavy (non-hydrogen) atoms. The molecule has 0 aliphatic carbocycles. The summed E-state index contributed by atoms with van der Waals surface area (Å²) in [5, 5.41) is 49.5. The number of carboxylic acids is 2. The van der Waals surface area contributed by atoms with Gasteiger partial charge in [0, 0.05) is 19.3 Å². The SMILES string of the molecule is CCCCCCCCCCCCCCCC(=O)NC1C(=O)NC(CCC(N)=O)C(=O)NC(CC(=O)O)C(=O)NCC(=O)NC(CC(N)=O)C(=O)NC(CC(=O)O)C(=O)NCC(=O)NC(Cc2ccc(O)cc2)C(=O)NC(C(C)C)C(=O)OC1C. The Bertz CT molecular complexity index is 2440. The van der Waals surface area contributed by atoms with Crippen molar-refractivity contribution < 1.29 is 87.2 Å². The lowest BCUT2D eigenvalue weighted by atomic mass is 10.0. The minimum Gasteiger partial charge on any atom is -0.508 e. The molecule has 1 saturated heterocycles. The number of primary amides is 2. The maximum Gasteiger partial charge on any atom is 0.329 e. The number of aliphatic carboxylic acids is 2. The third-order valence-corrected chi connectivity index (χ3v) is 13.4. The highest BCUT2D eigenvalue weighted by molar-refractivity contribution is 6.00. The van der Waals surface area contributed by atoms with Crippen molar-refractivity contribution in [2.24, 2.45) is 17.4 Å². The van der Waals surface area contributed by atoms with Gasteiger partial charge < -0.3 is 79.4 Å². The van der Waals surface area contributed by atoms with Crippen LogP contribution in [0.5, 0.6) is 5.75 Å². The molecule has 1 heterocycles. The first-order valence-corrected chi connectivity index (χ1v) is 28.3. The van der Waals surface area contributed by atoms with E-state index < -0.39 is 182 Å². The number of hydrogen-bond donors (Lipinski definition) is 14. The van der Waals surface area contributed by atoms with Crippen LogP contribution in [0.25, 0.3) is 0 Å². The van der Waals surface area contributed by atoms with E-state index in [1.807, 2.05) is 5.32 Å². The van der Waals surface area contributed by atoms with E-state index in [1.165, 1.54) is 83.6 Å². The molecular weight excluding hydrogens is 1100 g/mol.